The molecule has 0 radical (unpaired) electrons. The molecule has 1 fully saturated rings. The SMILES string of the molecule is COc1cc(NCC2CCN(C)CC2)ccc1[N+](=O)[O-]. The van der Waals surface area contributed by atoms with Gasteiger partial charge < -0.3 is 15.0 Å². The molecule has 0 atom stereocenters. The minimum absolute atomic E-state index is 0.00246. The van der Waals surface area contributed by atoms with Crippen molar-refractivity contribution in [3.05, 3.63) is 28.3 Å². The number of ether oxygens (including phenoxy) is 1. The third-order valence-corrected chi connectivity index (χ3v) is 3.81. The molecule has 0 aromatic heterocycles. The lowest BCUT2D eigenvalue weighted by Crippen LogP contribution is -2.32. The van der Waals surface area contributed by atoms with Gasteiger partial charge in [-0.25, -0.2) is 0 Å². The fourth-order valence-corrected chi connectivity index (χ4v) is 2.47. The van der Waals surface area contributed by atoms with E-state index in [-0.39, 0.29) is 5.69 Å². The number of nitrogens with one attached hydrogen (secondary N) is 1. The standard InChI is InChI=1S/C14H21N3O3/c1-16-7-5-11(6-8-16)10-15-12-3-4-13(17(18)19)14(9-12)20-2/h3-4,9,11,15H,5-8,10H2,1-2H3. The van der Waals surface area contributed by atoms with Crippen molar-refractivity contribution in [2.75, 3.05) is 39.1 Å². The van der Waals surface area contributed by atoms with Gasteiger partial charge in [-0.05, 0) is 45.0 Å². The van der Waals surface area contributed by atoms with E-state index >= 15 is 0 Å². The van der Waals surface area contributed by atoms with Gasteiger partial charge in [-0.3, -0.25) is 10.1 Å². The maximum atomic E-state index is 10.8. The monoisotopic (exact) mass is 279 g/mol. The number of nitro benzene ring substituents is 1. The Labute approximate surface area is 118 Å². The highest BCUT2D eigenvalue weighted by molar-refractivity contribution is 5.57. The van der Waals surface area contributed by atoms with Crippen LogP contribution in [0, 0.1) is 16.0 Å². The highest BCUT2D eigenvalue weighted by Gasteiger charge is 2.18. The molecule has 0 amide bonds. The lowest BCUT2D eigenvalue weighted by atomic mass is 9.97. The highest BCUT2D eigenvalue weighted by atomic mass is 16.6. The van der Waals surface area contributed by atoms with Gasteiger partial charge >= 0.3 is 5.69 Å². The summed E-state index contributed by atoms with van der Waals surface area (Å²) in [6.07, 6.45) is 2.38. The van der Waals surface area contributed by atoms with Crippen LogP contribution in [0.25, 0.3) is 0 Å². The van der Waals surface area contributed by atoms with Crippen molar-refractivity contribution in [1.82, 2.24) is 4.90 Å². The second kappa shape index (κ2) is 6.56. The van der Waals surface area contributed by atoms with E-state index in [0.29, 0.717) is 11.7 Å². The van der Waals surface area contributed by atoms with Crippen LogP contribution in [0.15, 0.2) is 18.2 Å². The second-order valence-corrected chi connectivity index (χ2v) is 5.27. The summed E-state index contributed by atoms with van der Waals surface area (Å²) in [5, 5.41) is 14.2. The average molecular weight is 279 g/mol. The van der Waals surface area contributed by atoms with Gasteiger partial charge in [0, 0.05) is 24.4 Å². The van der Waals surface area contributed by atoms with Crippen LogP contribution in [0.5, 0.6) is 5.75 Å². The number of anilines is 1. The lowest BCUT2D eigenvalue weighted by molar-refractivity contribution is -0.385. The molecule has 2 rings (SSSR count). The van der Waals surface area contributed by atoms with Crippen LogP contribution in [0.2, 0.25) is 0 Å². The molecule has 0 aliphatic carbocycles. The number of likely N-dealkylation sites (tertiary alicyclic amines) is 1. The van der Waals surface area contributed by atoms with Crippen LogP contribution in [-0.4, -0.2) is 43.6 Å². The number of nitro groups is 1. The maximum absolute atomic E-state index is 10.8. The molecule has 0 saturated carbocycles. The molecule has 0 spiro atoms. The Morgan fingerprint density at radius 2 is 2.15 bits per heavy atom. The van der Waals surface area contributed by atoms with Crippen molar-refractivity contribution >= 4 is 11.4 Å². The first kappa shape index (κ1) is 14.6. The van der Waals surface area contributed by atoms with Crippen molar-refractivity contribution in [1.29, 1.82) is 0 Å². The van der Waals surface area contributed by atoms with Gasteiger partial charge in [0.25, 0.3) is 0 Å². The van der Waals surface area contributed by atoms with Crippen LogP contribution in [-0.2, 0) is 0 Å². The van der Waals surface area contributed by atoms with E-state index in [1.54, 1.807) is 12.1 Å². The first-order chi connectivity index (χ1) is 9.60. The van der Waals surface area contributed by atoms with Crippen LogP contribution in [0.1, 0.15) is 12.8 Å². The third-order valence-electron chi connectivity index (χ3n) is 3.81. The summed E-state index contributed by atoms with van der Waals surface area (Å²) in [5.74, 6) is 0.954. The van der Waals surface area contributed by atoms with Gasteiger partial charge in [-0.1, -0.05) is 0 Å². The molecule has 1 aliphatic rings. The van der Waals surface area contributed by atoms with Crippen LogP contribution in [0.3, 0.4) is 0 Å². The van der Waals surface area contributed by atoms with Crippen LogP contribution in [0.4, 0.5) is 11.4 Å². The van der Waals surface area contributed by atoms with E-state index in [9.17, 15) is 10.1 Å². The molecule has 1 aliphatic heterocycles. The number of hydrogen-bond donors (Lipinski definition) is 1. The Bertz CT molecular complexity index is 471. The zero-order chi connectivity index (χ0) is 14.5. The van der Waals surface area contributed by atoms with E-state index in [4.69, 9.17) is 4.74 Å². The van der Waals surface area contributed by atoms with Crippen molar-refractivity contribution in [3.63, 3.8) is 0 Å². The molecule has 0 bridgehead atoms. The molecular formula is C14H21N3O3. The summed E-state index contributed by atoms with van der Waals surface area (Å²) < 4.78 is 5.06. The van der Waals surface area contributed by atoms with Gasteiger partial charge in [0.1, 0.15) is 0 Å². The van der Waals surface area contributed by atoms with Crippen molar-refractivity contribution in [3.8, 4) is 5.75 Å². The van der Waals surface area contributed by atoms with Gasteiger partial charge in [0.2, 0.25) is 0 Å². The molecule has 110 valence electrons. The zero-order valence-electron chi connectivity index (χ0n) is 12.0. The van der Waals surface area contributed by atoms with Gasteiger partial charge in [-0.2, -0.15) is 0 Å². The molecule has 0 unspecified atom stereocenters. The Hall–Kier alpha value is -1.82. The van der Waals surface area contributed by atoms with Crippen molar-refractivity contribution in [2.24, 2.45) is 5.92 Å². The Morgan fingerprint density at radius 3 is 2.75 bits per heavy atom. The van der Waals surface area contributed by atoms with E-state index in [1.165, 1.54) is 26.0 Å². The predicted octanol–water partition coefficient (Wildman–Crippen LogP) is 2.36. The summed E-state index contributed by atoms with van der Waals surface area (Å²) in [4.78, 5) is 12.7. The minimum atomic E-state index is -0.431. The van der Waals surface area contributed by atoms with E-state index in [0.717, 1.165) is 25.3 Å². The second-order valence-electron chi connectivity index (χ2n) is 5.27. The lowest BCUT2D eigenvalue weighted by Gasteiger charge is -2.29. The normalized spacial score (nSPS) is 16.9. The molecule has 1 saturated heterocycles. The summed E-state index contributed by atoms with van der Waals surface area (Å²) in [6.45, 7) is 3.17. The van der Waals surface area contributed by atoms with Crippen LogP contribution >= 0.6 is 0 Å². The molecule has 6 nitrogen and oxygen atoms in total. The largest absolute Gasteiger partial charge is 0.490 e. The minimum Gasteiger partial charge on any atom is -0.490 e. The molecule has 1 heterocycles. The first-order valence-corrected chi connectivity index (χ1v) is 6.85. The fourth-order valence-electron chi connectivity index (χ4n) is 2.47. The number of hydrogen-bond acceptors (Lipinski definition) is 5. The van der Waals surface area contributed by atoms with Crippen molar-refractivity contribution in [2.45, 2.75) is 12.8 Å². The van der Waals surface area contributed by atoms with E-state index in [1.807, 2.05) is 0 Å². The Kier molecular flexibility index (Phi) is 4.79. The number of piperidine rings is 1. The Balaban J connectivity index is 1.94. The topological polar surface area (TPSA) is 67.6 Å². The first-order valence-electron chi connectivity index (χ1n) is 6.85. The number of nitrogens with zero attached hydrogens (tertiary/aromatic N) is 2. The van der Waals surface area contributed by atoms with Gasteiger partial charge in [-0.15, -0.1) is 0 Å². The highest BCUT2D eigenvalue weighted by Crippen LogP contribution is 2.30. The number of benzene rings is 1. The number of rotatable bonds is 5. The Morgan fingerprint density at radius 1 is 1.45 bits per heavy atom. The summed E-state index contributed by atoms with van der Waals surface area (Å²) >= 11 is 0. The van der Waals surface area contributed by atoms with Gasteiger partial charge in [0.15, 0.2) is 5.75 Å². The smallest absolute Gasteiger partial charge is 0.311 e. The number of methoxy groups -OCH3 is 1. The average Bonchev–Trinajstić information content (AvgIpc) is 2.46. The zero-order valence-corrected chi connectivity index (χ0v) is 12.0. The molecule has 1 aromatic carbocycles. The van der Waals surface area contributed by atoms with E-state index in [2.05, 4.69) is 17.3 Å². The summed E-state index contributed by atoms with van der Waals surface area (Å²) in [5.41, 5.74) is 0.865. The van der Waals surface area contributed by atoms with Gasteiger partial charge in [0.05, 0.1) is 12.0 Å². The van der Waals surface area contributed by atoms with Crippen LogP contribution < -0.4 is 10.1 Å². The fraction of sp³-hybridized carbons (Fsp3) is 0.571. The predicted molar refractivity (Wildman–Crippen MR) is 78.4 cm³/mol. The third kappa shape index (κ3) is 3.60. The van der Waals surface area contributed by atoms with Crippen molar-refractivity contribution < 1.29 is 9.66 Å². The maximum Gasteiger partial charge on any atom is 0.311 e. The quantitative estimate of drug-likeness (QED) is 0.662. The van der Waals surface area contributed by atoms with E-state index < -0.39 is 4.92 Å². The molecule has 20 heavy (non-hydrogen) atoms. The summed E-state index contributed by atoms with van der Waals surface area (Å²) in [6, 6.07) is 4.90. The summed E-state index contributed by atoms with van der Waals surface area (Å²) in [7, 11) is 3.59. The molecule has 1 N–H and O–H groups in total. The molecular weight excluding hydrogens is 258 g/mol. The molecule has 1 aromatic rings. The molecule has 6 heteroatoms.